The topological polar surface area (TPSA) is 75.0 Å². The van der Waals surface area contributed by atoms with Crippen LogP contribution in [0.25, 0.3) is 17.0 Å². The summed E-state index contributed by atoms with van der Waals surface area (Å²) in [5, 5.41) is 1.24. The van der Waals surface area contributed by atoms with Crippen LogP contribution in [0.5, 0.6) is 17.2 Å². The molecule has 0 N–H and O–H groups in total. The van der Waals surface area contributed by atoms with Gasteiger partial charge in [0.05, 0.1) is 12.7 Å². The number of hydrogen-bond acceptors (Lipinski definition) is 6. The van der Waals surface area contributed by atoms with E-state index in [1.807, 2.05) is 12.1 Å². The molecule has 3 aromatic carbocycles. The van der Waals surface area contributed by atoms with E-state index in [4.69, 9.17) is 30.2 Å². The second-order valence-electron chi connectivity index (χ2n) is 7.51. The summed E-state index contributed by atoms with van der Waals surface area (Å²) in [6, 6.07) is 17.0. The number of carbonyl (C=O) groups excluding carboxylic acids is 2. The van der Waals surface area contributed by atoms with E-state index >= 15 is 0 Å². The Morgan fingerprint density at radius 2 is 1.79 bits per heavy atom. The lowest BCUT2D eigenvalue weighted by molar-refractivity contribution is 0.0703. The normalized spacial score (nSPS) is 13.8. The van der Waals surface area contributed by atoms with Gasteiger partial charge in [-0.3, -0.25) is 4.79 Å². The first-order valence-electron chi connectivity index (χ1n) is 10.1. The van der Waals surface area contributed by atoms with Crippen molar-refractivity contribution in [2.24, 2.45) is 0 Å². The lowest BCUT2D eigenvalue weighted by atomic mass is 10.0. The number of rotatable bonds is 4. The molecule has 1 aromatic heterocycles. The summed E-state index contributed by atoms with van der Waals surface area (Å²) < 4.78 is 22.0. The van der Waals surface area contributed by atoms with Gasteiger partial charge in [0.2, 0.25) is 11.5 Å². The molecule has 4 aromatic rings. The fourth-order valence-electron chi connectivity index (χ4n) is 3.66. The van der Waals surface area contributed by atoms with Gasteiger partial charge in [-0.1, -0.05) is 23.7 Å². The van der Waals surface area contributed by atoms with Crippen LogP contribution in [-0.4, -0.2) is 18.9 Å². The van der Waals surface area contributed by atoms with Gasteiger partial charge in [0.25, 0.3) is 0 Å². The average Bonchev–Trinajstić information content (AvgIpc) is 3.35. The highest BCUT2D eigenvalue weighted by molar-refractivity contribution is 6.31. The predicted octanol–water partition coefficient (Wildman–Crippen LogP) is 6.24. The molecule has 0 saturated heterocycles. The molecular weight excluding hydrogens is 444 g/mol. The molecule has 164 valence electrons. The number of benzene rings is 3. The quantitative estimate of drug-likeness (QED) is 0.204. The molecule has 0 saturated carbocycles. The number of allylic oxidation sites excluding steroid dienone is 1. The van der Waals surface area contributed by atoms with Crippen LogP contribution >= 0.6 is 11.6 Å². The molecule has 0 aliphatic carbocycles. The van der Waals surface area contributed by atoms with Crippen LogP contribution < -0.4 is 14.2 Å². The van der Waals surface area contributed by atoms with Gasteiger partial charge in [0, 0.05) is 16.5 Å². The fraction of sp³-hybridized carbons (Fsp3) is 0.0769. The molecule has 0 unspecified atom stereocenters. The van der Waals surface area contributed by atoms with E-state index < -0.39 is 5.97 Å². The lowest BCUT2D eigenvalue weighted by Gasteiger charge is -2.06. The summed E-state index contributed by atoms with van der Waals surface area (Å²) in [7, 11) is 1.59. The Balaban J connectivity index is 1.39. The van der Waals surface area contributed by atoms with Crippen LogP contribution in [0.3, 0.4) is 0 Å². The molecule has 0 spiro atoms. The van der Waals surface area contributed by atoms with Crippen molar-refractivity contribution in [2.75, 3.05) is 7.11 Å². The monoisotopic (exact) mass is 460 g/mol. The predicted molar refractivity (Wildman–Crippen MR) is 123 cm³/mol. The van der Waals surface area contributed by atoms with E-state index in [2.05, 4.69) is 0 Å². The molecule has 33 heavy (non-hydrogen) atoms. The van der Waals surface area contributed by atoms with Crippen molar-refractivity contribution in [2.45, 2.75) is 6.92 Å². The summed E-state index contributed by atoms with van der Waals surface area (Å²) in [6.07, 6.45) is 1.66. The van der Waals surface area contributed by atoms with E-state index in [0.29, 0.717) is 38.6 Å². The average molecular weight is 461 g/mol. The van der Waals surface area contributed by atoms with Crippen molar-refractivity contribution in [1.82, 2.24) is 0 Å². The molecule has 1 aliphatic heterocycles. The third-order valence-corrected chi connectivity index (χ3v) is 5.48. The van der Waals surface area contributed by atoms with Crippen LogP contribution in [0.1, 0.15) is 32.0 Å². The molecule has 0 radical (unpaired) electrons. The number of ether oxygens (including phenoxy) is 3. The Morgan fingerprint density at radius 1 is 1.00 bits per heavy atom. The second kappa shape index (κ2) is 8.15. The maximum atomic E-state index is 12.9. The van der Waals surface area contributed by atoms with Crippen molar-refractivity contribution in [1.29, 1.82) is 0 Å². The van der Waals surface area contributed by atoms with Crippen LogP contribution in [-0.2, 0) is 0 Å². The Bertz CT molecular complexity index is 1450. The number of aryl methyl sites for hydroxylation is 1. The Kier molecular flexibility index (Phi) is 5.15. The first-order chi connectivity index (χ1) is 15.9. The highest BCUT2D eigenvalue weighted by Crippen LogP contribution is 2.38. The summed E-state index contributed by atoms with van der Waals surface area (Å²) in [5.74, 6) is 0.630. The molecule has 5 rings (SSSR count). The summed E-state index contributed by atoms with van der Waals surface area (Å²) in [4.78, 5) is 25.5. The Morgan fingerprint density at radius 3 is 2.55 bits per heavy atom. The van der Waals surface area contributed by atoms with Gasteiger partial charge in [-0.2, -0.15) is 0 Å². The number of hydrogen-bond donors (Lipinski definition) is 0. The minimum absolute atomic E-state index is 0.0440. The highest BCUT2D eigenvalue weighted by Gasteiger charge is 2.30. The number of esters is 1. The summed E-state index contributed by atoms with van der Waals surface area (Å²) in [5.41, 5.74) is 2.39. The van der Waals surface area contributed by atoms with Gasteiger partial charge >= 0.3 is 5.97 Å². The SMILES string of the molecule is COc1ccc(/C=C2\Oc3cc(OC(=O)c4cc5cc(Cl)ccc5o4)cc(C)c3C2=O)cc1. The van der Waals surface area contributed by atoms with Crippen LogP contribution in [0.4, 0.5) is 0 Å². The maximum absolute atomic E-state index is 12.9. The standard InChI is InChI=1S/C26H17ClO6/c1-14-9-19(31-26(29)23-12-16-11-17(27)5-8-20(16)32-23)13-21-24(14)25(28)22(33-21)10-15-3-6-18(30-2)7-4-15/h3-13H,1-2H3/b22-10-. The Hall–Kier alpha value is -4.03. The largest absolute Gasteiger partial charge is 0.497 e. The molecule has 0 fully saturated rings. The molecule has 0 atom stereocenters. The van der Waals surface area contributed by atoms with Crippen LogP contribution in [0.2, 0.25) is 5.02 Å². The van der Waals surface area contributed by atoms with Crippen LogP contribution in [0.15, 0.2) is 70.8 Å². The van der Waals surface area contributed by atoms with Gasteiger partial charge in [0.1, 0.15) is 22.8 Å². The van der Waals surface area contributed by atoms with Crippen molar-refractivity contribution in [3.8, 4) is 17.2 Å². The third-order valence-electron chi connectivity index (χ3n) is 5.25. The van der Waals surface area contributed by atoms with E-state index in [1.165, 1.54) is 6.07 Å². The molecule has 1 aliphatic rings. The number of ketones is 1. The highest BCUT2D eigenvalue weighted by atomic mass is 35.5. The number of methoxy groups -OCH3 is 1. The second-order valence-corrected chi connectivity index (χ2v) is 7.94. The van der Waals surface area contributed by atoms with E-state index in [0.717, 1.165) is 5.56 Å². The van der Waals surface area contributed by atoms with Crippen molar-refractivity contribution < 1.29 is 28.2 Å². The lowest BCUT2D eigenvalue weighted by Crippen LogP contribution is -2.07. The molecule has 7 heteroatoms. The number of halogens is 1. The molecule has 0 amide bonds. The van der Waals surface area contributed by atoms with Gasteiger partial charge in [-0.05, 0) is 66.6 Å². The van der Waals surface area contributed by atoms with Crippen LogP contribution in [0, 0.1) is 6.92 Å². The fourth-order valence-corrected chi connectivity index (χ4v) is 3.84. The Labute approximate surface area is 193 Å². The van der Waals surface area contributed by atoms with Gasteiger partial charge in [-0.15, -0.1) is 0 Å². The summed E-state index contributed by atoms with van der Waals surface area (Å²) in [6.45, 7) is 1.76. The first kappa shape index (κ1) is 20.8. The number of fused-ring (bicyclic) bond motifs is 2. The van der Waals surface area contributed by atoms with Crippen molar-refractivity contribution in [3.63, 3.8) is 0 Å². The zero-order valence-corrected chi connectivity index (χ0v) is 18.4. The van der Waals surface area contributed by atoms with E-state index in [-0.39, 0.29) is 23.1 Å². The maximum Gasteiger partial charge on any atom is 0.379 e. The van der Waals surface area contributed by atoms with Gasteiger partial charge in [-0.25, -0.2) is 4.79 Å². The molecule has 6 nitrogen and oxygen atoms in total. The van der Waals surface area contributed by atoms with Crippen molar-refractivity contribution in [3.05, 3.63) is 93.9 Å². The smallest absolute Gasteiger partial charge is 0.379 e. The molecule has 0 bridgehead atoms. The zero-order valence-electron chi connectivity index (χ0n) is 17.7. The first-order valence-corrected chi connectivity index (χ1v) is 10.4. The van der Waals surface area contributed by atoms with E-state index in [9.17, 15) is 9.59 Å². The minimum atomic E-state index is -0.667. The van der Waals surface area contributed by atoms with Gasteiger partial charge < -0.3 is 18.6 Å². The zero-order chi connectivity index (χ0) is 23.1. The third kappa shape index (κ3) is 3.97. The minimum Gasteiger partial charge on any atom is -0.497 e. The van der Waals surface area contributed by atoms with Gasteiger partial charge in [0.15, 0.2) is 5.76 Å². The van der Waals surface area contributed by atoms with Crippen molar-refractivity contribution >= 4 is 40.4 Å². The number of Topliss-reactive ketones (excluding diaryl/α,β-unsaturated/α-hetero) is 1. The summed E-state index contributed by atoms with van der Waals surface area (Å²) >= 11 is 5.99. The number of furan rings is 1. The van der Waals surface area contributed by atoms with E-state index in [1.54, 1.807) is 62.6 Å². The molecule has 2 heterocycles. The number of carbonyl (C=O) groups is 2. The molecular formula is C26H17ClO6.